The Morgan fingerprint density at radius 3 is 2.39 bits per heavy atom. The van der Waals surface area contributed by atoms with Crippen LogP contribution in [0.1, 0.15) is 51.2 Å². The molecule has 0 saturated carbocycles. The van der Waals surface area contributed by atoms with Gasteiger partial charge in [0, 0.05) is 26.6 Å². The van der Waals surface area contributed by atoms with Crippen LogP contribution in [-0.4, -0.2) is 67.0 Å². The minimum atomic E-state index is -0.754. The lowest BCUT2D eigenvalue weighted by atomic mass is 10.0. The number of carbonyl (C=O) groups excluding carboxylic acids is 3. The molecule has 0 aromatic heterocycles. The number of rotatable bonds is 4. The van der Waals surface area contributed by atoms with Crippen molar-refractivity contribution in [2.75, 3.05) is 20.1 Å². The first-order valence-corrected chi connectivity index (χ1v) is 13.7. The Labute approximate surface area is 226 Å². The average molecular weight is 523 g/mol. The molecule has 1 aliphatic rings. The molecular formula is C30H42N4O4. The van der Waals surface area contributed by atoms with Crippen LogP contribution < -0.4 is 20.7 Å². The van der Waals surface area contributed by atoms with Crippen molar-refractivity contribution in [1.82, 2.24) is 20.9 Å². The molecule has 0 unspecified atom stereocenters. The molecule has 2 aromatic carbocycles. The van der Waals surface area contributed by atoms with Crippen LogP contribution in [0.15, 0.2) is 54.6 Å². The molecule has 0 spiro atoms. The Hall–Kier alpha value is -3.39. The standard InChI is InChI=1S/C30H42N4O4/c1-5-12-25-30(37)34(4)22(3)28(35)33-26(19-23-13-7-6-8-14-23)29(36)31-18-11-16-24-15-9-10-17-27(24)38-21(2)20-32-25/h6-10,13-15,17,21-22,25-26,32H,5,11-12,16,18-20H2,1-4H3,(H,31,36)(H,33,35)/t21-,22+,25-,26+/m0/s1. The van der Waals surface area contributed by atoms with Crippen molar-refractivity contribution in [2.24, 2.45) is 0 Å². The Kier molecular flexibility index (Phi) is 11.1. The third kappa shape index (κ3) is 8.31. The van der Waals surface area contributed by atoms with Gasteiger partial charge in [-0.15, -0.1) is 0 Å². The van der Waals surface area contributed by atoms with Gasteiger partial charge >= 0.3 is 0 Å². The van der Waals surface area contributed by atoms with Gasteiger partial charge in [0.05, 0.1) is 6.04 Å². The molecule has 8 heteroatoms. The zero-order valence-electron chi connectivity index (χ0n) is 23.0. The van der Waals surface area contributed by atoms with E-state index in [1.165, 1.54) is 4.90 Å². The zero-order valence-corrected chi connectivity index (χ0v) is 23.0. The fourth-order valence-electron chi connectivity index (χ4n) is 4.57. The second kappa shape index (κ2) is 14.5. The van der Waals surface area contributed by atoms with Crippen molar-refractivity contribution < 1.29 is 19.1 Å². The molecule has 1 heterocycles. The summed E-state index contributed by atoms with van der Waals surface area (Å²) in [7, 11) is 1.64. The maximum Gasteiger partial charge on any atom is 0.243 e. The van der Waals surface area contributed by atoms with Crippen LogP contribution in [0.5, 0.6) is 5.75 Å². The van der Waals surface area contributed by atoms with Crippen molar-refractivity contribution >= 4 is 17.7 Å². The topological polar surface area (TPSA) is 99.8 Å². The number of hydrogen-bond donors (Lipinski definition) is 3. The number of amides is 3. The van der Waals surface area contributed by atoms with Gasteiger partial charge in [-0.1, -0.05) is 61.9 Å². The van der Waals surface area contributed by atoms with Crippen LogP contribution in [0.4, 0.5) is 0 Å². The maximum atomic E-state index is 13.4. The lowest BCUT2D eigenvalue weighted by molar-refractivity contribution is -0.141. The summed E-state index contributed by atoms with van der Waals surface area (Å²) in [5.74, 6) is 0.0481. The molecule has 0 bridgehead atoms. The molecule has 0 fully saturated rings. The number of para-hydroxylation sites is 1. The fourth-order valence-corrected chi connectivity index (χ4v) is 4.57. The molecule has 4 atom stereocenters. The molecule has 2 aromatic rings. The predicted molar refractivity (Wildman–Crippen MR) is 149 cm³/mol. The van der Waals surface area contributed by atoms with Crippen molar-refractivity contribution in [3.05, 3.63) is 65.7 Å². The molecule has 1 aliphatic heterocycles. The van der Waals surface area contributed by atoms with E-state index >= 15 is 0 Å². The van der Waals surface area contributed by atoms with Crippen molar-refractivity contribution in [3.63, 3.8) is 0 Å². The largest absolute Gasteiger partial charge is 0.489 e. The van der Waals surface area contributed by atoms with Gasteiger partial charge in [-0.2, -0.15) is 0 Å². The SMILES string of the molecule is CCC[C@@H]1NC[C@H](C)Oc2ccccc2CCCNC(=O)[C@@H](Cc2ccccc2)NC(=O)[C@@H](C)N(C)C1=O. The normalized spacial score (nSPS) is 24.3. The molecule has 206 valence electrons. The van der Waals surface area contributed by atoms with Gasteiger partial charge in [-0.05, 0) is 50.3 Å². The van der Waals surface area contributed by atoms with Crippen molar-refractivity contribution in [2.45, 2.75) is 77.1 Å². The number of ether oxygens (including phenoxy) is 1. The molecular weight excluding hydrogens is 480 g/mol. The zero-order chi connectivity index (χ0) is 27.5. The van der Waals surface area contributed by atoms with Crippen LogP contribution in [0, 0.1) is 0 Å². The third-order valence-electron chi connectivity index (χ3n) is 6.97. The first kappa shape index (κ1) is 29.2. The second-order valence-corrected chi connectivity index (χ2v) is 10.1. The Bertz CT molecular complexity index is 1060. The lowest BCUT2D eigenvalue weighted by Crippen LogP contribution is -2.56. The van der Waals surface area contributed by atoms with Crippen LogP contribution in [-0.2, 0) is 27.2 Å². The first-order chi connectivity index (χ1) is 18.3. The molecule has 8 nitrogen and oxygen atoms in total. The number of benzene rings is 2. The van der Waals surface area contributed by atoms with Gasteiger partial charge in [-0.25, -0.2) is 0 Å². The van der Waals surface area contributed by atoms with Crippen molar-refractivity contribution in [1.29, 1.82) is 0 Å². The van der Waals surface area contributed by atoms with E-state index in [9.17, 15) is 14.4 Å². The monoisotopic (exact) mass is 522 g/mol. The van der Waals surface area contributed by atoms with E-state index in [0.29, 0.717) is 25.9 Å². The molecule has 0 radical (unpaired) electrons. The number of nitrogens with one attached hydrogen (secondary N) is 3. The summed E-state index contributed by atoms with van der Waals surface area (Å²) in [5, 5.41) is 9.25. The molecule has 0 aliphatic carbocycles. The number of nitrogens with zero attached hydrogens (tertiary/aromatic N) is 1. The van der Waals surface area contributed by atoms with Gasteiger partial charge in [0.2, 0.25) is 17.7 Å². The summed E-state index contributed by atoms with van der Waals surface area (Å²) in [4.78, 5) is 41.3. The molecule has 38 heavy (non-hydrogen) atoms. The van der Waals surface area contributed by atoms with Crippen molar-refractivity contribution in [3.8, 4) is 5.75 Å². The van der Waals surface area contributed by atoms with Crippen LogP contribution in [0.2, 0.25) is 0 Å². The molecule has 0 saturated heterocycles. The number of likely N-dealkylation sites (N-methyl/N-ethyl adjacent to an activating group) is 1. The number of fused-ring (bicyclic) bond motifs is 1. The summed E-state index contributed by atoms with van der Waals surface area (Å²) < 4.78 is 6.23. The van der Waals surface area contributed by atoms with E-state index in [-0.39, 0.29) is 23.8 Å². The van der Waals surface area contributed by atoms with Crippen LogP contribution in [0.25, 0.3) is 0 Å². The second-order valence-electron chi connectivity index (χ2n) is 10.1. The summed E-state index contributed by atoms with van der Waals surface area (Å²) in [6.45, 7) is 6.66. The number of hydrogen-bond acceptors (Lipinski definition) is 5. The fraction of sp³-hybridized carbons (Fsp3) is 0.500. The van der Waals surface area contributed by atoms with E-state index in [1.807, 2.05) is 68.4 Å². The molecule has 3 rings (SSSR count). The van der Waals surface area contributed by atoms with E-state index in [4.69, 9.17) is 4.74 Å². The smallest absolute Gasteiger partial charge is 0.243 e. The highest BCUT2D eigenvalue weighted by molar-refractivity contribution is 5.92. The van der Waals surface area contributed by atoms with Gasteiger partial charge in [0.15, 0.2) is 0 Å². The number of aryl methyl sites for hydroxylation is 1. The van der Waals surface area contributed by atoms with E-state index in [0.717, 1.165) is 36.1 Å². The van der Waals surface area contributed by atoms with Crippen LogP contribution >= 0.6 is 0 Å². The first-order valence-electron chi connectivity index (χ1n) is 13.7. The minimum Gasteiger partial charge on any atom is -0.489 e. The maximum absolute atomic E-state index is 13.4. The average Bonchev–Trinajstić information content (AvgIpc) is 2.92. The summed E-state index contributed by atoms with van der Waals surface area (Å²) in [6.07, 6.45) is 3.13. The van der Waals surface area contributed by atoms with Crippen LogP contribution in [0.3, 0.4) is 0 Å². The van der Waals surface area contributed by atoms with E-state index in [2.05, 4.69) is 16.0 Å². The minimum absolute atomic E-state index is 0.160. The highest BCUT2D eigenvalue weighted by atomic mass is 16.5. The van der Waals surface area contributed by atoms with Gasteiger partial charge in [0.1, 0.15) is 23.9 Å². The quantitative estimate of drug-likeness (QED) is 0.574. The Morgan fingerprint density at radius 1 is 0.947 bits per heavy atom. The summed E-state index contributed by atoms with van der Waals surface area (Å²) >= 11 is 0. The molecule has 3 N–H and O–H groups in total. The summed E-state index contributed by atoms with van der Waals surface area (Å²) in [6, 6.07) is 15.6. The highest BCUT2D eigenvalue weighted by Crippen LogP contribution is 2.21. The van der Waals surface area contributed by atoms with E-state index in [1.54, 1.807) is 14.0 Å². The third-order valence-corrected chi connectivity index (χ3v) is 6.97. The van der Waals surface area contributed by atoms with Gasteiger partial charge in [0.25, 0.3) is 0 Å². The highest BCUT2D eigenvalue weighted by Gasteiger charge is 2.31. The number of carbonyl (C=O) groups is 3. The van der Waals surface area contributed by atoms with Gasteiger partial charge in [-0.3, -0.25) is 14.4 Å². The predicted octanol–water partition coefficient (Wildman–Crippen LogP) is 2.85. The Balaban J connectivity index is 1.85. The Morgan fingerprint density at radius 2 is 1.66 bits per heavy atom. The lowest BCUT2D eigenvalue weighted by Gasteiger charge is -2.30. The van der Waals surface area contributed by atoms with E-state index < -0.39 is 18.1 Å². The van der Waals surface area contributed by atoms with Gasteiger partial charge < -0.3 is 25.6 Å². The molecule has 3 amide bonds. The summed E-state index contributed by atoms with van der Waals surface area (Å²) in [5.41, 5.74) is 2.01.